The van der Waals surface area contributed by atoms with Gasteiger partial charge in [0.15, 0.2) is 0 Å². The third-order valence-electron chi connectivity index (χ3n) is 2.46. The Kier molecular flexibility index (Phi) is 3.06. The Balaban J connectivity index is 2.16. The number of anilines is 2. The molecule has 1 atom stereocenters. The smallest absolute Gasteiger partial charge is 0.228 e. The van der Waals surface area contributed by atoms with E-state index >= 15 is 0 Å². The van der Waals surface area contributed by atoms with E-state index in [0.29, 0.717) is 16.4 Å². The van der Waals surface area contributed by atoms with Crippen LogP contribution in [0.15, 0.2) is 10.7 Å². The largest absolute Gasteiger partial charge is 0.383 e. The van der Waals surface area contributed by atoms with Gasteiger partial charge in [0.1, 0.15) is 10.4 Å². The summed E-state index contributed by atoms with van der Waals surface area (Å²) >= 11 is 3.30. The Morgan fingerprint density at radius 2 is 2.40 bits per heavy atom. The third kappa shape index (κ3) is 2.38. The Labute approximate surface area is 96.8 Å². The molecule has 0 radical (unpaired) electrons. The predicted octanol–water partition coefficient (Wildman–Crippen LogP) is 1.05. The van der Waals surface area contributed by atoms with Crippen molar-refractivity contribution in [1.29, 1.82) is 0 Å². The molecule has 2 rings (SSSR count). The van der Waals surface area contributed by atoms with Crippen LogP contribution in [-0.4, -0.2) is 36.3 Å². The van der Waals surface area contributed by atoms with Crippen LogP contribution in [0, 0.1) is 0 Å². The molecule has 82 valence electrons. The highest BCUT2D eigenvalue weighted by Gasteiger charge is 2.24. The summed E-state index contributed by atoms with van der Waals surface area (Å²) in [5, 5.41) is 0. The number of ether oxygens (including phenoxy) is 1. The van der Waals surface area contributed by atoms with Gasteiger partial charge in [-0.25, -0.2) is 4.98 Å². The number of nitrogens with two attached hydrogens (primary N) is 1. The van der Waals surface area contributed by atoms with Crippen molar-refractivity contribution in [3.8, 4) is 0 Å². The van der Waals surface area contributed by atoms with Gasteiger partial charge in [0, 0.05) is 26.3 Å². The van der Waals surface area contributed by atoms with Crippen LogP contribution in [-0.2, 0) is 4.74 Å². The first-order valence-corrected chi connectivity index (χ1v) is 5.56. The van der Waals surface area contributed by atoms with E-state index in [1.807, 2.05) is 0 Å². The van der Waals surface area contributed by atoms with E-state index in [4.69, 9.17) is 10.5 Å². The Hall–Kier alpha value is -0.880. The van der Waals surface area contributed by atoms with E-state index in [1.165, 1.54) is 0 Å². The van der Waals surface area contributed by atoms with Gasteiger partial charge in [-0.05, 0) is 22.4 Å². The molecule has 0 aromatic carbocycles. The lowest BCUT2D eigenvalue weighted by Gasteiger charge is -2.16. The van der Waals surface area contributed by atoms with E-state index in [0.717, 1.165) is 19.5 Å². The fourth-order valence-electron chi connectivity index (χ4n) is 1.67. The highest BCUT2D eigenvalue weighted by molar-refractivity contribution is 9.10. The van der Waals surface area contributed by atoms with Gasteiger partial charge < -0.3 is 15.4 Å². The lowest BCUT2D eigenvalue weighted by atomic mass is 10.3. The molecule has 15 heavy (non-hydrogen) atoms. The summed E-state index contributed by atoms with van der Waals surface area (Å²) in [6.45, 7) is 1.74. The highest BCUT2D eigenvalue weighted by atomic mass is 79.9. The van der Waals surface area contributed by atoms with Crippen molar-refractivity contribution in [2.45, 2.75) is 12.5 Å². The average molecular weight is 273 g/mol. The second-order valence-electron chi connectivity index (χ2n) is 3.51. The van der Waals surface area contributed by atoms with Crippen LogP contribution in [0.25, 0.3) is 0 Å². The summed E-state index contributed by atoms with van der Waals surface area (Å²) < 4.78 is 6.00. The molecule has 0 bridgehead atoms. The van der Waals surface area contributed by atoms with Crippen LogP contribution in [0.2, 0.25) is 0 Å². The number of methoxy groups -OCH3 is 1. The number of hydrogen-bond acceptors (Lipinski definition) is 5. The molecular formula is C9H13BrN4O. The number of halogens is 1. The van der Waals surface area contributed by atoms with Crippen LogP contribution in [0.1, 0.15) is 6.42 Å². The fraction of sp³-hybridized carbons (Fsp3) is 0.556. The van der Waals surface area contributed by atoms with E-state index in [2.05, 4.69) is 30.8 Å². The van der Waals surface area contributed by atoms with Crippen LogP contribution in [0.5, 0.6) is 0 Å². The zero-order valence-corrected chi connectivity index (χ0v) is 10.1. The zero-order chi connectivity index (χ0) is 10.8. The maximum atomic E-state index is 5.66. The van der Waals surface area contributed by atoms with E-state index in [1.54, 1.807) is 13.2 Å². The topological polar surface area (TPSA) is 64.3 Å². The van der Waals surface area contributed by atoms with Gasteiger partial charge in [0.2, 0.25) is 5.95 Å². The molecule has 1 aromatic heterocycles. The van der Waals surface area contributed by atoms with Crippen molar-refractivity contribution in [2.75, 3.05) is 30.8 Å². The van der Waals surface area contributed by atoms with Crippen molar-refractivity contribution in [3.05, 3.63) is 10.7 Å². The maximum absolute atomic E-state index is 5.66. The molecule has 5 nitrogen and oxygen atoms in total. The standard InChI is InChI=1S/C9H13BrN4O/c1-15-6-2-3-14(5-6)9-12-7(10)4-8(11)13-9/h4,6H,2-3,5H2,1H3,(H2,11,12,13). The molecular weight excluding hydrogens is 260 g/mol. The number of nitrogen functional groups attached to an aromatic ring is 1. The van der Waals surface area contributed by atoms with Crippen molar-refractivity contribution < 1.29 is 4.74 Å². The molecule has 0 saturated carbocycles. The van der Waals surface area contributed by atoms with Crippen LogP contribution < -0.4 is 10.6 Å². The van der Waals surface area contributed by atoms with Gasteiger partial charge in [0.25, 0.3) is 0 Å². The van der Waals surface area contributed by atoms with Gasteiger partial charge in [-0.3, -0.25) is 0 Å². The third-order valence-corrected chi connectivity index (χ3v) is 2.87. The van der Waals surface area contributed by atoms with Crippen molar-refractivity contribution in [1.82, 2.24) is 9.97 Å². The van der Waals surface area contributed by atoms with Crippen LogP contribution in [0.3, 0.4) is 0 Å². The van der Waals surface area contributed by atoms with Crippen LogP contribution >= 0.6 is 15.9 Å². The minimum Gasteiger partial charge on any atom is -0.383 e. The second-order valence-corrected chi connectivity index (χ2v) is 4.32. The number of aromatic nitrogens is 2. The summed E-state index contributed by atoms with van der Waals surface area (Å²) in [6.07, 6.45) is 1.28. The number of rotatable bonds is 2. The first kappa shape index (κ1) is 10.6. The SMILES string of the molecule is COC1CCN(c2nc(N)cc(Br)n2)C1. The van der Waals surface area contributed by atoms with E-state index in [9.17, 15) is 0 Å². The highest BCUT2D eigenvalue weighted by Crippen LogP contribution is 2.20. The Morgan fingerprint density at radius 1 is 1.60 bits per heavy atom. The minimum atomic E-state index is 0.272. The molecule has 1 aliphatic rings. The lowest BCUT2D eigenvalue weighted by Crippen LogP contribution is -2.24. The summed E-state index contributed by atoms with van der Waals surface area (Å²) in [5.41, 5.74) is 5.66. The fourth-order valence-corrected chi connectivity index (χ4v) is 2.06. The molecule has 2 N–H and O–H groups in total. The van der Waals surface area contributed by atoms with Crippen molar-refractivity contribution in [3.63, 3.8) is 0 Å². The first-order chi connectivity index (χ1) is 7.19. The first-order valence-electron chi connectivity index (χ1n) is 4.77. The number of nitrogens with zero attached hydrogens (tertiary/aromatic N) is 3. The summed E-state index contributed by atoms with van der Waals surface area (Å²) in [7, 11) is 1.73. The molecule has 6 heteroatoms. The predicted molar refractivity (Wildman–Crippen MR) is 61.8 cm³/mol. The van der Waals surface area contributed by atoms with Crippen molar-refractivity contribution in [2.24, 2.45) is 0 Å². The van der Waals surface area contributed by atoms with Crippen molar-refractivity contribution >= 4 is 27.7 Å². The minimum absolute atomic E-state index is 0.272. The molecule has 1 aromatic rings. The molecule has 0 amide bonds. The van der Waals surface area contributed by atoms with Gasteiger partial charge in [0.05, 0.1) is 6.10 Å². The molecule has 1 unspecified atom stereocenters. The van der Waals surface area contributed by atoms with Gasteiger partial charge >= 0.3 is 0 Å². The van der Waals surface area contributed by atoms with Gasteiger partial charge in [-0.2, -0.15) is 4.98 Å². The number of hydrogen-bond donors (Lipinski definition) is 1. The quantitative estimate of drug-likeness (QED) is 0.816. The van der Waals surface area contributed by atoms with Gasteiger partial charge in [-0.1, -0.05) is 0 Å². The van der Waals surface area contributed by atoms with Crippen LogP contribution in [0.4, 0.5) is 11.8 Å². The maximum Gasteiger partial charge on any atom is 0.228 e. The lowest BCUT2D eigenvalue weighted by molar-refractivity contribution is 0.121. The molecule has 1 aliphatic heterocycles. The molecule has 1 saturated heterocycles. The van der Waals surface area contributed by atoms with E-state index < -0.39 is 0 Å². The molecule has 1 fully saturated rings. The summed E-state index contributed by atoms with van der Waals surface area (Å²) in [5.74, 6) is 1.15. The normalized spacial score (nSPS) is 20.9. The molecule has 0 aliphatic carbocycles. The monoisotopic (exact) mass is 272 g/mol. The Bertz CT molecular complexity index is 340. The average Bonchev–Trinajstić information content (AvgIpc) is 2.64. The van der Waals surface area contributed by atoms with E-state index in [-0.39, 0.29) is 6.10 Å². The summed E-state index contributed by atoms with van der Waals surface area (Å²) in [4.78, 5) is 10.6. The summed E-state index contributed by atoms with van der Waals surface area (Å²) in [6, 6.07) is 1.69. The molecule has 0 spiro atoms. The van der Waals surface area contributed by atoms with Gasteiger partial charge in [-0.15, -0.1) is 0 Å². The molecule has 2 heterocycles. The zero-order valence-electron chi connectivity index (χ0n) is 8.48. The Morgan fingerprint density at radius 3 is 3.00 bits per heavy atom. The second kappa shape index (κ2) is 4.32.